The molecule has 132 valence electrons. The quantitative estimate of drug-likeness (QED) is 0.819. The standard InChI is InChI=1S/C20H22ClNO3/c1-4-19(23)22-10-9-13-11-17(24-2)18(25-3)12-15(13)20(22)14-7-5-6-8-16(14)21/h5-8,11-12,20H,4,9-10H2,1-3H3. The fourth-order valence-corrected chi connectivity index (χ4v) is 3.69. The van der Waals surface area contributed by atoms with Gasteiger partial charge < -0.3 is 14.4 Å². The molecule has 2 aromatic rings. The molecule has 1 aliphatic heterocycles. The predicted molar refractivity (Wildman–Crippen MR) is 98.5 cm³/mol. The van der Waals surface area contributed by atoms with Crippen molar-refractivity contribution in [3.8, 4) is 11.5 Å². The Hall–Kier alpha value is -2.20. The Morgan fingerprint density at radius 2 is 1.84 bits per heavy atom. The molecule has 0 fully saturated rings. The van der Waals surface area contributed by atoms with Crippen molar-refractivity contribution in [3.63, 3.8) is 0 Å². The molecule has 0 N–H and O–H groups in total. The van der Waals surface area contributed by atoms with Gasteiger partial charge in [0.25, 0.3) is 0 Å². The van der Waals surface area contributed by atoms with Crippen LogP contribution < -0.4 is 9.47 Å². The van der Waals surface area contributed by atoms with Gasteiger partial charge in [0, 0.05) is 18.0 Å². The predicted octanol–water partition coefficient (Wildman–Crippen LogP) is 4.24. The van der Waals surface area contributed by atoms with Crippen LogP contribution in [0.15, 0.2) is 36.4 Å². The number of hydrogen-bond acceptors (Lipinski definition) is 3. The molecular weight excluding hydrogens is 338 g/mol. The summed E-state index contributed by atoms with van der Waals surface area (Å²) in [7, 11) is 3.25. The number of ether oxygens (including phenoxy) is 2. The van der Waals surface area contributed by atoms with Crippen LogP contribution in [0.25, 0.3) is 0 Å². The van der Waals surface area contributed by atoms with Gasteiger partial charge in [-0.25, -0.2) is 0 Å². The largest absolute Gasteiger partial charge is 0.493 e. The lowest BCUT2D eigenvalue weighted by molar-refractivity contribution is -0.132. The highest BCUT2D eigenvalue weighted by Gasteiger charge is 2.33. The molecule has 0 radical (unpaired) electrons. The topological polar surface area (TPSA) is 38.8 Å². The highest BCUT2D eigenvalue weighted by molar-refractivity contribution is 6.31. The lowest BCUT2D eigenvalue weighted by Gasteiger charge is -2.38. The van der Waals surface area contributed by atoms with E-state index in [4.69, 9.17) is 21.1 Å². The molecule has 3 rings (SSSR count). The zero-order valence-electron chi connectivity index (χ0n) is 14.7. The minimum atomic E-state index is -0.218. The van der Waals surface area contributed by atoms with Crippen LogP contribution in [0.4, 0.5) is 0 Å². The van der Waals surface area contributed by atoms with Gasteiger partial charge in [-0.15, -0.1) is 0 Å². The van der Waals surface area contributed by atoms with E-state index < -0.39 is 0 Å². The van der Waals surface area contributed by atoms with E-state index in [-0.39, 0.29) is 11.9 Å². The molecule has 1 amide bonds. The molecule has 1 heterocycles. The van der Waals surface area contributed by atoms with E-state index in [1.54, 1.807) is 14.2 Å². The Bertz CT molecular complexity index is 791. The number of carbonyl (C=O) groups is 1. The first kappa shape index (κ1) is 17.6. The van der Waals surface area contributed by atoms with Crippen LogP contribution in [-0.4, -0.2) is 31.6 Å². The highest BCUT2D eigenvalue weighted by atomic mass is 35.5. The minimum Gasteiger partial charge on any atom is -0.493 e. The van der Waals surface area contributed by atoms with Crippen molar-refractivity contribution in [2.45, 2.75) is 25.8 Å². The van der Waals surface area contributed by atoms with Gasteiger partial charge >= 0.3 is 0 Å². The SMILES string of the molecule is CCC(=O)N1CCc2cc(OC)c(OC)cc2C1c1ccccc1Cl. The number of benzene rings is 2. The maximum Gasteiger partial charge on any atom is 0.223 e. The number of rotatable bonds is 4. The van der Waals surface area contributed by atoms with Gasteiger partial charge in [0.05, 0.1) is 20.3 Å². The number of fused-ring (bicyclic) bond motifs is 1. The molecule has 1 atom stereocenters. The molecule has 0 saturated carbocycles. The number of amides is 1. The Morgan fingerprint density at radius 3 is 2.48 bits per heavy atom. The zero-order chi connectivity index (χ0) is 18.0. The van der Waals surface area contributed by atoms with Crippen LogP contribution in [0.3, 0.4) is 0 Å². The second-order valence-electron chi connectivity index (χ2n) is 6.02. The van der Waals surface area contributed by atoms with Crippen LogP contribution in [0, 0.1) is 0 Å². The first-order valence-electron chi connectivity index (χ1n) is 8.39. The fraction of sp³-hybridized carbons (Fsp3) is 0.350. The molecule has 5 heteroatoms. The molecule has 1 aliphatic rings. The van der Waals surface area contributed by atoms with Crippen LogP contribution in [0.1, 0.15) is 36.1 Å². The summed E-state index contributed by atoms with van der Waals surface area (Å²) in [6, 6.07) is 11.4. The van der Waals surface area contributed by atoms with Gasteiger partial charge in [0.15, 0.2) is 11.5 Å². The van der Waals surface area contributed by atoms with Gasteiger partial charge in [0.2, 0.25) is 5.91 Å². The summed E-state index contributed by atoms with van der Waals surface area (Å²) in [6.07, 6.45) is 1.24. The minimum absolute atomic E-state index is 0.116. The maximum atomic E-state index is 12.6. The van der Waals surface area contributed by atoms with Crippen molar-refractivity contribution >= 4 is 17.5 Å². The second-order valence-corrected chi connectivity index (χ2v) is 6.43. The molecule has 0 saturated heterocycles. The van der Waals surface area contributed by atoms with E-state index in [0.717, 1.165) is 23.1 Å². The van der Waals surface area contributed by atoms with E-state index >= 15 is 0 Å². The summed E-state index contributed by atoms with van der Waals surface area (Å²) >= 11 is 6.48. The van der Waals surface area contributed by atoms with E-state index in [1.165, 1.54) is 0 Å². The number of carbonyl (C=O) groups excluding carboxylic acids is 1. The normalized spacial score (nSPS) is 16.3. The van der Waals surface area contributed by atoms with E-state index in [1.807, 2.05) is 48.2 Å². The Morgan fingerprint density at radius 1 is 1.16 bits per heavy atom. The van der Waals surface area contributed by atoms with Crippen LogP contribution in [0.2, 0.25) is 5.02 Å². The number of halogens is 1. The van der Waals surface area contributed by atoms with Crippen molar-refractivity contribution in [2.24, 2.45) is 0 Å². The second kappa shape index (κ2) is 7.36. The monoisotopic (exact) mass is 359 g/mol. The molecule has 0 spiro atoms. The Kier molecular flexibility index (Phi) is 5.19. The molecule has 0 aromatic heterocycles. The van der Waals surface area contributed by atoms with Gasteiger partial charge in [-0.2, -0.15) is 0 Å². The van der Waals surface area contributed by atoms with Gasteiger partial charge in [-0.3, -0.25) is 4.79 Å². The molecule has 4 nitrogen and oxygen atoms in total. The average Bonchev–Trinajstić information content (AvgIpc) is 2.65. The number of nitrogens with zero attached hydrogens (tertiary/aromatic N) is 1. The highest BCUT2D eigenvalue weighted by Crippen LogP contribution is 2.42. The van der Waals surface area contributed by atoms with E-state index in [9.17, 15) is 4.79 Å². The molecule has 0 aliphatic carbocycles. The van der Waals surface area contributed by atoms with Crippen molar-refractivity contribution < 1.29 is 14.3 Å². The summed E-state index contributed by atoms with van der Waals surface area (Å²) in [5, 5.41) is 0.657. The smallest absolute Gasteiger partial charge is 0.223 e. The first-order chi connectivity index (χ1) is 12.1. The lowest BCUT2D eigenvalue weighted by atomic mass is 9.87. The van der Waals surface area contributed by atoms with Crippen molar-refractivity contribution in [2.75, 3.05) is 20.8 Å². The molecular formula is C20H22ClNO3. The van der Waals surface area contributed by atoms with E-state index in [2.05, 4.69) is 0 Å². The molecule has 0 bridgehead atoms. The molecule has 2 aromatic carbocycles. The van der Waals surface area contributed by atoms with Gasteiger partial charge in [-0.1, -0.05) is 36.7 Å². The first-order valence-corrected chi connectivity index (χ1v) is 8.77. The average molecular weight is 360 g/mol. The summed E-state index contributed by atoms with van der Waals surface area (Å²) in [6.45, 7) is 2.54. The maximum absolute atomic E-state index is 12.6. The third-order valence-electron chi connectivity index (χ3n) is 4.70. The Labute approximate surface area is 153 Å². The summed E-state index contributed by atoms with van der Waals surface area (Å²) in [4.78, 5) is 14.5. The summed E-state index contributed by atoms with van der Waals surface area (Å²) in [5.41, 5.74) is 3.13. The number of methoxy groups -OCH3 is 2. The van der Waals surface area contributed by atoms with Gasteiger partial charge in [-0.05, 0) is 41.3 Å². The summed E-state index contributed by atoms with van der Waals surface area (Å²) < 4.78 is 10.9. The van der Waals surface area contributed by atoms with Crippen molar-refractivity contribution in [1.82, 2.24) is 4.90 Å². The zero-order valence-corrected chi connectivity index (χ0v) is 15.5. The third-order valence-corrected chi connectivity index (χ3v) is 5.04. The van der Waals surface area contributed by atoms with Crippen LogP contribution >= 0.6 is 11.6 Å². The van der Waals surface area contributed by atoms with Crippen molar-refractivity contribution in [1.29, 1.82) is 0 Å². The van der Waals surface area contributed by atoms with Crippen LogP contribution in [-0.2, 0) is 11.2 Å². The molecule has 1 unspecified atom stereocenters. The lowest BCUT2D eigenvalue weighted by Crippen LogP contribution is -2.40. The fourth-order valence-electron chi connectivity index (χ4n) is 3.45. The van der Waals surface area contributed by atoms with E-state index in [0.29, 0.717) is 29.5 Å². The van der Waals surface area contributed by atoms with Gasteiger partial charge in [0.1, 0.15) is 0 Å². The Balaban J connectivity index is 2.20. The summed E-state index contributed by atoms with van der Waals surface area (Å²) in [5.74, 6) is 1.48. The number of hydrogen-bond donors (Lipinski definition) is 0. The van der Waals surface area contributed by atoms with Crippen LogP contribution in [0.5, 0.6) is 11.5 Å². The van der Waals surface area contributed by atoms with Crippen molar-refractivity contribution in [3.05, 3.63) is 58.1 Å². The third kappa shape index (κ3) is 3.19. The molecule has 25 heavy (non-hydrogen) atoms.